The van der Waals surface area contributed by atoms with Crippen molar-refractivity contribution in [1.82, 2.24) is 15.1 Å². The molecule has 2 aromatic rings. The Morgan fingerprint density at radius 1 is 1.45 bits per heavy atom. The first-order valence-electron chi connectivity index (χ1n) is 5.52. The van der Waals surface area contributed by atoms with Crippen LogP contribution in [0.4, 0.5) is 5.82 Å². The zero-order valence-electron chi connectivity index (χ0n) is 10.4. The van der Waals surface area contributed by atoms with Crippen LogP contribution in [0, 0.1) is 6.92 Å². The zero-order valence-corrected chi connectivity index (χ0v) is 11.9. The second-order valence-corrected chi connectivity index (χ2v) is 4.57. The molecule has 0 aliphatic carbocycles. The van der Waals surface area contributed by atoms with Crippen molar-refractivity contribution in [3.8, 4) is 0 Å². The van der Waals surface area contributed by atoms with Gasteiger partial charge in [-0.2, -0.15) is 4.98 Å². The van der Waals surface area contributed by atoms with Crippen LogP contribution < -0.4 is 5.32 Å². The third-order valence-electron chi connectivity index (χ3n) is 2.10. The molecule has 0 saturated heterocycles. The zero-order chi connectivity index (χ0) is 14.5. The fourth-order valence-electron chi connectivity index (χ4n) is 1.29. The molecule has 0 aliphatic heterocycles. The van der Waals surface area contributed by atoms with E-state index in [2.05, 4.69) is 20.4 Å². The van der Waals surface area contributed by atoms with Gasteiger partial charge in [0.15, 0.2) is 5.82 Å². The second kappa shape index (κ2) is 6.65. The number of nitrogens with one attached hydrogen (secondary N) is 1. The summed E-state index contributed by atoms with van der Waals surface area (Å²) in [4.78, 5) is 19.4. The van der Waals surface area contributed by atoms with Crippen molar-refractivity contribution in [3.63, 3.8) is 0 Å². The Morgan fingerprint density at radius 2 is 2.25 bits per heavy atom. The molecule has 7 nitrogen and oxygen atoms in total. The quantitative estimate of drug-likeness (QED) is 0.909. The van der Waals surface area contributed by atoms with E-state index in [-0.39, 0.29) is 19.1 Å². The standard InChI is InChI=1S/C11H10Cl2N4O3/c1-6-15-11(20-17-6)5-19-4-10(18)16-9-2-7(12)8(13)3-14-9/h2-3H,4-5H2,1H3,(H,14,16,18). The van der Waals surface area contributed by atoms with Crippen molar-refractivity contribution in [3.05, 3.63) is 34.0 Å². The number of carbonyl (C=O) groups excluding carboxylic acids is 1. The summed E-state index contributed by atoms with van der Waals surface area (Å²) in [5.74, 6) is 0.727. The summed E-state index contributed by atoms with van der Waals surface area (Å²) in [5.41, 5.74) is 0. The highest BCUT2D eigenvalue weighted by Gasteiger charge is 2.08. The molecule has 2 heterocycles. The molecule has 0 spiro atoms. The fourth-order valence-corrected chi connectivity index (χ4v) is 1.55. The molecule has 0 fully saturated rings. The number of nitrogens with zero attached hydrogens (tertiary/aromatic N) is 3. The molecule has 0 bridgehead atoms. The van der Waals surface area contributed by atoms with Crippen LogP contribution in [0.3, 0.4) is 0 Å². The molecule has 1 amide bonds. The number of aromatic nitrogens is 3. The minimum absolute atomic E-state index is 0.0586. The normalized spacial score (nSPS) is 10.6. The molecule has 9 heteroatoms. The van der Waals surface area contributed by atoms with Crippen molar-refractivity contribution in [2.45, 2.75) is 13.5 Å². The number of pyridine rings is 1. The van der Waals surface area contributed by atoms with Crippen LogP contribution in [0.15, 0.2) is 16.8 Å². The van der Waals surface area contributed by atoms with E-state index in [0.717, 1.165) is 0 Å². The van der Waals surface area contributed by atoms with Gasteiger partial charge in [0.2, 0.25) is 0 Å². The predicted octanol–water partition coefficient (Wildman–Crippen LogP) is 2.24. The number of ether oxygens (including phenoxy) is 1. The first-order valence-corrected chi connectivity index (χ1v) is 6.28. The van der Waals surface area contributed by atoms with E-state index < -0.39 is 0 Å². The van der Waals surface area contributed by atoms with Gasteiger partial charge in [-0.25, -0.2) is 4.98 Å². The Kier molecular flexibility index (Phi) is 4.89. The molecule has 0 aromatic carbocycles. The number of carbonyl (C=O) groups is 1. The van der Waals surface area contributed by atoms with Gasteiger partial charge in [0.05, 0.1) is 10.0 Å². The summed E-state index contributed by atoms with van der Waals surface area (Å²) in [6.07, 6.45) is 1.35. The van der Waals surface area contributed by atoms with Gasteiger partial charge in [-0.1, -0.05) is 28.4 Å². The largest absolute Gasteiger partial charge is 0.362 e. The van der Waals surface area contributed by atoms with Crippen LogP contribution in [-0.2, 0) is 16.1 Å². The smallest absolute Gasteiger partial charge is 0.252 e. The first-order chi connectivity index (χ1) is 9.54. The maximum atomic E-state index is 11.6. The van der Waals surface area contributed by atoms with Gasteiger partial charge in [0.1, 0.15) is 19.0 Å². The topological polar surface area (TPSA) is 90.1 Å². The van der Waals surface area contributed by atoms with Crippen LogP contribution in [0.25, 0.3) is 0 Å². The molecule has 20 heavy (non-hydrogen) atoms. The number of halogens is 2. The van der Waals surface area contributed by atoms with Gasteiger partial charge in [0, 0.05) is 12.3 Å². The molecule has 0 saturated carbocycles. The number of amides is 1. The van der Waals surface area contributed by atoms with E-state index in [9.17, 15) is 4.79 Å². The molecular formula is C11H10Cl2N4O3. The van der Waals surface area contributed by atoms with Crippen LogP contribution in [-0.4, -0.2) is 27.6 Å². The van der Waals surface area contributed by atoms with Gasteiger partial charge >= 0.3 is 0 Å². The Bertz CT molecular complexity index is 617. The van der Waals surface area contributed by atoms with E-state index in [0.29, 0.717) is 27.6 Å². The summed E-state index contributed by atoms with van der Waals surface area (Å²) in [6, 6.07) is 1.45. The molecule has 0 aliphatic rings. The molecule has 0 radical (unpaired) electrons. The number of hydrogen-bond acceptors (Lipinski definition) is 6. The minimum atomic E-state index is -0.382. The summed E-state index contributed by atoms with van der Waals surface area (Å²) in [5, 5.41) is 6.73. The first kappa shape index (κ1) is 14.7. The molecular weight excluding hydrogens is 307 g/mol. The van der Waals surface area contributed by atoms with E-state index in [1.807, 2.05) is 0 Å². The lowest BCUT2D eigenvalue weighted by molar-refractivity contribution is -0.121. The van der Waals surface area contributed by atoms with Gasteiger partial charge in [-0.05, 0) is 6.92 Å². The molecule has 0 atom stereocenters. The van der Waals surface area contributed by atoms with E-state index in [1.165, 1.54) is 12.3 Å². The predicted molar refractivity (Wildman–Crippen MR) is 71.6 cm³/mol. The van der Waals surface area contributed by atoms with Gasteiger partial charge in [-0.15, -0.1) is 0 Å². The number of aryl methyl sites for hydroxylation is 1. The summed E-state index contributed by atoms with van der Waals surface area (Å²) in [7, 11) is 0. The van der Waals surface area contributed by atoms with Gasteiger partial charge in [0.25, 0.3) is 11.8 Å². The third kappa shape index (κ3) is 4.16. The van der Waals surface area contributed by atoms with Crippen LogP contribution in [0.2, 0.25) is 10.0 Å². The van der Waals surface area contributed by atoms with E-state index >= 15 is 0 Å². The average molecular weight is 317 g/mol. The highest BCUT2D eigenvalue weighted by atomic mass is 35.5. The average Bonchev–Trinajstić information content (AvgIpc) is 2.80. The summed E-state index contributed by atoms with van der Waals surface area (Å²) < 4.78 is 9.96. The maximum absolute atomic E-state index is 11.6. The molecule has 1 N–H and O–H groups in total. The van der Waals surface area contributed by atoms with E-state index in [1.54, 1.807) is 6.92 Å². The van der Waals surface area contributed by atoms with Gasteiger partial charge in [-0.3, -0.25) is 4.79 Å². The van der Waals surface area contributed by atoms with Crippen LogP contribution in [0.1, 0.15) is 11.7 Å². The SMILES string of the molecule is Cc1noc(COCC(=O)Nc2cc(Cl)c(Cl)cn2)n1. The van der Waals surface area contributed by atoms with Crippen molar-refractivity contribution in [2.75, 3.05) is 11.9 Å². The Hall–Kier alpha value is -1.70. The molecule has 0 unspecified atom stereocenters. The monoisotopic (exact) mass is 316 g/mol. The van der Waals surface area contributed by atoms with Crippen molar-refractivity contribution < 1.29 is 14.1 Å². The lowest BCUT2D eigenvalue weighted by atomic mass is 10.4. The van der Waals surface area contributed by atoms with Crippen molar-refractivity contribution in [1.29, 1.82) is 0 Å². The number of hydrogen-bond donors (Lipinski definition) is 1. The number of anilines is 1. The number of rotatable bonds is 5. The summed E-state index contributed by atoms with van der Waals surface area (Å²) in [6.45, 7) is 1.57. The van der Waals surface area contributed by atoms with Crippen molar-refractivity contribution >= 4 is 34.9 Å². The van der Waals surface area contributed by atoms with Crippen molar-refractivity contribution in [2.24, 2.45) is 0 Å². The molecule has 106 valence electrons. The summed E-state index contributed by atoms with van der Waals surface area (Å²) >= 11 is 11.5. The fraction of sp³-hybridized carbons (Fsp3) is 0.273. The highest BCUT2D eigenvalue weighted by molar-refractivity contribution is 6.42. The van der Waals surface area contributed by atoms with Crippen LogP contribution in [0.5, 0.6) is 0 Å². The molecule has 2 rings (SSSR count). The Morgan fingerprint density at radius 3 is 2.90 bits per heavy atom. The lowest BCUT2D eigenvalue weighted by Crippen LogP contribution is -2.19. The highest BCUT2D eigenvalue weighted by Crippen LogP contribution is 2.22. The van der Waals surface area contributed by atoms with E-state index in [4.69, 9.17) is 32.5 Å². The van der Waals surface area contributed by atoms with Gasteiger partial charge < -0.3 is 14.6 Å². The second-order valence-electron chi connectivity index (χ2n) is 3.76. The third-order valence-corrected chi connectivity index (χ3v) is 2.82. The minimum Gasteiger partial charge on any atom is -0.362 e. The Balaban J connectivity index is 1.79. The maximum Gasteiger partial charge on any atom is 0.252 e. The van der Waals surface area contributed by atoms with Crippen LogP contribution >= 0.6 is 23.2 Å². The lowest BCUT2D eigenvalue weighted by Gasteiger charge is -2.05. The Labute approximate surface area is 124 Å². The molecule has 2 aromatic heterocycles.